The van der Waals surface area contributed by atoms with Crippen LogP contribution in [-0.4, -0.2) is 24.3 Å². The van der Waals surface area contributed by atoms with Crippen LogP contribution in [0.3, 0.4) is 0 Å². The number of rotatable bonds is 2. The Morgan fingerprint density at radius 3 is 2.61 bits per heavy atom. The van der Waals surface area contributed by atoms with Crippen molar-refractivity contribution < 1.29 is 19.4 Å². The fourth-order valence-electron chi connectivity index (χ4n) is 1.71. The lowest BCUT2D eigenvalue weighted by atomic mass is 10.0. The normalized spacial score (nSPS) is 14.4. The highest BCUT2D eigenvalue weighted by atomic mass is 16.6. The highest BCUT2D eigenvalue weighted by Crippen LogP contribution is 2.33. The fourth-order valence-corrected chi connectivity index (χ4v) is 1.71. The summed E-state index contributed by atoms with van der Waals surface area (Å²) in [5.41, 5.74) is 0.770. The zero-order valence-corrected chi connectivity index (χ0v) is 9.77. The molecule has 18 heavy (non-hydrogen) atoms. The Labute approximate surface area is 104 Å². The molecule has 1 heterocycles. The van der Waals surface area contributed by atoms with Crippen LogP contribution in [0.25, 0.3) is 5.57 Å². The second-order valence-electron chi connectivity index (χ2n) is 3.78. The number of nitriles is 1. The van der Waals surface area contributed by atoms with Crippen molar-refractivity contribution in [1.82, 2.24) is 0 Å². The number of allylic oxidation sites excluding steroid dienone is 1. The summed E-state index contributed by atoms with van der Waals surface area (Å²) in [5, 5.41) is 17.7. The molecular formula is C13H11NO4. The molecule has 0 aliphatic carbocycles. The molecule has 1 aromatic rings. The topological polar surface area (TPSA) is 79.6 Å². The van der Waals surface area contributed by atoms with Crippen LogP contribution in [0.2, 0.25) is 0 Å². The molecule has 5 heteroatoms. The molecule has 0 fully saturated rings. The maximum absolute atomic E-state index is 10.9. The van der Waals surface area contributed by atoms with E-state index in [9.17, 15) is 4.79 Å². The van der Waals surface area contributed by atoms with E-state index in [0.29, 0.717) is 35.8 Å². The Balaban J connectivity index is 2.46. The molecule has 0 bridgehead atoms. The van der Waals surface area contributed by atoms with Crippen LogP contribution in [0.1, 0.15) is 12.5 Å². The number of nitrogens with zero attached hydrogens (tertiary/aromatic N) is 1. The van der Waals surface area contributed by atoms with Crippen molar-refractivity contribution in [2.75, 3.05) is 13.2 Å². The SMILES string of the molecule is C/C(=C(/C#N)C(=O)O)c1ccc2c(c1)OCCO2. The van der Waals surface area contributed by atoms with Gasteiger partial charge in [-0.25, -0.2) is 4.79 Å². The highest BCUT2D eigenvalue weighted by molar-refractivity contribution is 6.00. The summed E-state index contributed by atoms with van der Waals surface area (Å²) in [6, 6.07) is 6.80. The first-order valence-electron chi connectivity index (χ1n) is 5.37. The van der Waals surface area contributed by atoms with Gasteiger partial charge in [0.2, 0.25) is 0 Å². The molecule has 0 radical (unpaired) electrons. The summed E-state index contributed by atoms with van der Waals surface area (Å²) in [7, 11) is 0. The fraction of sp³-hybridized carbons (Fsp3) is 0.231. The molecule has 1 aliphatic rings. The van der Waals surface area contributed by atoms with E-state index in [1.54, 1.807) is 31.2 Å². The van der Waals surface area contributed by atoms with Crippen molar-refractivity contribution in [3.8, 4) is 17.6 Å². The molecule has 92 valence electrons. The highest BCUT2D eigenvalue weighted by Gasteiger charge is 2.16. The third-order valence-corrected chi connectivity index (χ3v) is 2.68. The van der Waals surface area contributed by atoms with E-state index in [-0.39, 0.29) is 5.57 Å². The Morgan fingerprint density at radius 1 is 1.33 bits per heavy atom. The number of carboxylic acids is 1. The first kappa shape index (κ1) is 12.0. The summed E-state index contributed by atoms with van der Waals surface area (Å²) in [5.74, 6) is -0.0303. The molecular weight excluding hydrogens is 234 g/mol. The standard InChI is InChI=1S/C13H11NO4/c1-8(10(7-14)13(15)16)9-2-3-11-12(6-9)18-5-4-17-11/h2-3,6H,4-5H2,1H3,(H,15,16)/b10-8+. The molecule has 1 aliphatic heterocycles. The van der Waals surface area contributed by atoms with E-state index in [0.717, 1.165) is 0 Å². The van der Waals surface area contributed by atoms with Crippen molar-refractivity contribution in [2.45, 2.75) is 6.92 Å². The number of hydrogen-bond acceptors (Lipinski definition) is 4. The average molecular weight is 245 g/mol. The molecule has 0 aromatic heterocycles. The van der Waals surface area contributed by atoms with Crippen LogP contribution in [0.5, 0.6) is 11.5 Å². The Bertz CT molecular complexity index is 569. The van der Waals surface area contributed by atoms with Gasteiger partial charge in [0, 0.05) is 0 Å². The summed E-state index contributed by atoms with van der Waals surface area (Å²) >= 11 is 0. The minimum atomic E-state index is -1.23. The molecule has 0 amide bonds. The molecule has 1 aromatic carbocycles. The summed E-state index contributed by atoms with van der Waals surface area (Å²) < 4.78 is 10.8. The lowest BCUT2D eigenvalue weighted by molar-refractivity contribution is -0.132. The van der Waals surface area contributed by atoms with Gasteiger partial charge in [0.1, 0.15) is 24.9 Å². The Hall–Kier alpha value is -2.48. The number of carboxylic acid groups (broad SMARTS) is 1. The first-order chi connectivity index (χ1) is 8.63. The summed E-state index contributed by atoms with van der Waals surface area (Å²) in [6.07, 6.45) is 0. The predicted octanol–water partition coefficient (Wildman–Crippen LogP) is 1.84. The molecule has 0 saturated heterocycles. The van der Waals surface area contributed by atoms with Gasteiger partial charge < -0.3 is 14.6 Å². The lowest BCUT2D eigenvalue weighted by Gasteiger charge is -2.19. The molecule has 2 rings (SSSR count). The molecule has 5 nitrogen and oxygen atoms in total. The minimum absolute atomic E-state index is 0.272. The first-order valence-corrected chi connectivity index (χ1v) is 5.37. The van der Waals surface area contributed by atoms with Crippen molar-refractivity contribution in [1.29, 1.82) is 5.26 Å². The van der Waals surface area contributed by atoms with Crippen molar-refractivity contribution >= 4 is 11.5 Å². The smallest absolute Gasteiger partial charge is 0.346 e. The van der Waals surface area contributed by atoms with Crippen molar-refractivity contribution in [2.24, 2.45) is 0 Å². The zero-order chi connectivity index (χ0) is 13.1. The molecule has 0 atom stereocenters. The maximum atomic E-state index is 10.9. The third-order valence-electron chi connectivity index (χ3n) is 2.68. The molecule has 0 saturated carbocycles. The van der Waals surface area contributed by atoms with E-state index >= 15 is 0 Å². The van der Waals surface area contributed by atoms with E-state index < -0.39 is 5.97 Å². The van der Waals surface area contributed by atoms with Gasteiger partial charge in [-0.2, -0.15) is 5.26 Å². The molecule has 0 unspecified atom stereocenters. The second kappa shape index (κ2) is 4.80. The van der Waals surface area contributed by atoms with Crippen LogP contribution in [0, 0.1) is 11.3 Å². The van der Waals surface area contributed by atoms with Crippen molar-refractivity contribution in [3.63, 3.8) is 0 Å². The van der Waals surface area contributed by atoms with Crippen LogP contribution >= 0.6 is 0 Å². The van der Waals surface area contributed by atoms with E-state index in [4.69, 9.17) is 19.8 Å². The third kappa shape index (κ3) is 2.13. The summed E-state index contributed by atoms with van der Waals surface area (Å²) in [4.78, 5) is 10.9. The van der Waals surface area contributed by atoms with Crippen LogP contribution in [-0.2, 0) is 4.79 Å². The lowest BCUT2D eigenvalue weighted by Crippen LogP contribution is -2.15. The number of benzene rings is 1. The van der Waals surface area contributed by atoms with E-state index in [1.807, 2.05) is 0 Å². The van der Waals surface area contributed by atoms with Gasteiger partial charge in [-0.3, -0.25) is 0 Å². The number of ether oxygens (including phenoxy) is 2. The molecule has 1 N–H and O–H groups in total. The number of fused-ring (bicyclic) bond motifs is 1. The number of hydrogen-bond donors (Lipinski definition) is 1. The quantitative estimate of drug-likeness (QED) is 0.635. The van der Waals surface area contributed by atoms with Gasteiger partial charge >= 0.3 is 5.97 Å². The monoisotopic (exact) mass is 245 g/mol. The second-order valence-corrected chi connectivity index (χ2v) is 3.78. The van der Waals surface area contributed by atoms with Crippen LogP contribution in [0.4, 0.5) is 0 Å². The van der Waals surface area contributed by atoms with Crippen LogP contribution < -0.4 is 9.47 Å². The van der Waals surface area contributed by atoms with Gasteiger partial charge in [-0.1, -0.05) is 6.07 Å². The van der Waals surface area contributed by atoms with E-state index in [1.165, 1.54) is 0 Å². The van der Waals surface area contributed by atoms with Gasteiger partial charge in [0.05, 0.1) is 0 Å². The van der Waals surface area contributed by atoms with E-state index in [2.05, 4.69) is 0 Å². The number of aliphatic carboxylic acids is 1. The van der Waals surface area contributed by atoms with Crippen LogP contribution in [0.15, 0.2) is 23.8 Å². The zero-order valence-electron chi connectivity index (χ0n) is 9.77. The predicted molar refractivity (Wildman–Crippen MR) is 63.3 cm³/mol. The van der Waals surface area contributed by atoms with Gasteiger partial charge in [-0.15, -0.1) is 0 Å². The van der Waals surface area contributed by atoms with Gasteiger partial charge in [-0.05, 0) is 30.2 Å². The van der Waals surface area contributed by atoms with Gasteiger partial charge in [0.15, 0.2) is 11.5 Å². The largest absolute Gasteiger partial charge is 0.486 e. The van der Waals surface area contributed by atoms with Gasteiger partial charge in [0.25, 0.3) is 0 Å². The Morgan fingerprint density at radius 2 is 2.00 bits per heavy atom. The van der Waals surface area contributed by atoms with Crippen molar-refractivity contribution in [3.05, 3.63) is 29.3 Å². The minimum Gasteiger partial charge on any atom is -0.486 e. The Kier molecular flexibility index (Phi) is 3.20. The molecule has 0 spiro atoms. The average Bonchev–Trinajstić information content (AvgIpc) is 2.38. The summed E-state index contributed by atoms with van der Waals surface area (Å²) in [6.45, 7) is 2.56. The number of carbonyl (C=O) groups is 1. The maximum Gasteiger partial charge on any atom is 0.346 e.